The molecule has 0 atom stereocenters. The Kier molecular flexibility index (Phi) is 4.27. The minimum absolute atomic E-state index is 0.0632. The van der Waals surface area contributed by atoms with Crippen LogP contribution in [0.5, 0.6) is 0 Å². The molecule has 2 aromatic rings. The molecule has 0 spiro atoms. The van der Waals surface area contributed by atoms with Crippen molar-refractivity contribution in [3.05, 3.63) is 58.9 Å². The van der Waals surface area contributed by atoms with E-state index in [1.165, 1.54) is 6.08 Å². The zero-order chi connectivity index (χ0) is 18.1. The van der Waals surface area contributed by atoms with E-state index in [0.29, 0.717) is 17.8 Å². The Labute approximate surface area is 145 Å². The van der Waals surface area contributed by atoms with Gasteiger partial charge in [-0.25, -0.2) is 9.69 Å². The summed E-state index contributed by atoms with van der Waals surface area (Å²) in [6.45, 7) is 3.87. The smallest absolute Gasteiger partial charge is 0.335 e. The first-order chi connectivity index (χ1) is 11.9. The number of hydrogen-bond donors (Lipinski definition) is 1. The quantitative estimate of drug-likeness (QED) is 0.691. The number of rotatable bonds is 3. The fourth-order valence-corrected chi connectivity index (χ4v) is 2.83. The Bertz CT molecular complexity index is 908. The number of carbonyl (C=O) groups is 3. The molecule has 0 bridgehead atoms. The Morgan fingerprint density at radius 3 is 2.44 bits per heavy atom. The van der Waals surface area contributed by atoms with E-state index in [9.17, 15) is 14.4 Å². The van der Waals surface area contributed by atoms with Crippen molar-refractivity contribution in [3.8, 4) is 0 Å². The molecular formula is C19H19N3O3. The molecule has 0 unspecified atom stereocenters. The van der Waals surface area contributed by atoms with Crippen LogP contribution >= 0.6 is 0 Å². The molecule has 1 fully saturated rings. The average molecular weight is 337 g/mol. The number of carbonyl (C=O) groups excluding carboxylic acids is 3. The first-order valence-electron chi connectivity index (χ1n) is 8.05. The number of para-hydroxylation sites is 1. The summed E-state index contributed by atoms with van der Waals surface area (Å²) in [6.07, 6.45) is 2.18. The molecule has 0 aliphatic carbocycles. The third-order valence-electron chi connectivity index (χ3n) is 4.42. The lowest BCUT2D eigenvalue weighted by Crippen LogP contribution is -2.54. The molecule has 3 rings (SSSR count). The van der Waals surface area contributed by atoms with E-state index < -0.39 is 17.8 Å². The van der Waals surface area contributed by atoms with E-state index >= 15 is 0 Å². The number of aryl methyl sites for hydroxylation is 2. The zero-order valence-corrected chi connectivity index (χ0v) is 14.4. The summed E-state index contributed by atoms with van der Waals surface area (Å²) in [7, 11) is 1.85. The number of imide groups is 2. The standard InChI is InChI=1S/C19H19N3O3/c1-4-13-7-5-6-8-16(13)22-18(24)15(17(23)20-19(22)25)11-14-10-9-12(2)21(14)3/h5-11H,4H2,1-3H3,(H,20,23,25)/b15-11+. The lowest BCUT2D eigenvalue weighted by atomic mass is 10.1. The van der Waals surface area contributed by atoms with E-state index in [4.69, 9.17) is 0 Å². The Morgan fingerprint density at radius 1 is 1.08 bits per heavy atom. The van der Waals surface area contributed by atoms with E-state index in [2.05, 4.69) is 5.32 Å². The molecule has 0 radical (unpaired) electrons. The van der Waals surface area contributed by atoms with Crippen molar-refractivity contribution in [2.24, 2.45) is 7.05 Å². The molecule has 25 heavy (non-hydrogen) atoms. The predicted octanol–water partition coefficient (Wildman–Crippen LogP) is 2.56. The van der Waals surface area contributed by atoms with Crippen LogP contribution < -0.4 is 10.2 Å². The maximum absolute atomic E-state index is 12.9. The maximum Gasteiger partial charge on any atom is 0.335 e. The van der Waals surface area contributed by atoms with Crippen molar-refractivity contribution in [2.45, 2.75) is 20.3 Å². The number of nitrogens with zero attached hydrogens (tertiary/aromatic N) is 2. The predicted molar refractivity (Wildman–Crippen MR) is 95.0 cm³/mol. The van der Waals surface area contributed by atoms with E-state index in [1.807, 2.05) is 49.7 Å². The van der Waals surface area contributed by atoms with Crippen LogP contribution in [0.2, 0.25) is 0 Å². The van der Waals surface area contributed by atoms with Crippen molar-refractivity contribution in [2.75, 3.05) is 4.90 Å². The van der Waals surface area contributed by atoms with E-state index in [-0.39, 0.29) is 5.57 Å². The highest BCUT2D eigenvalue weighted by Gasteiger charge is 2.37. The van der Waals surface area contributed by atoms with Gasteiger partial charge in [-0.05, 0) is 43.2 Å². The van der Waals surface area contributed by atoms with Crippen LogP contribution in [0.1, 0.15) is 23.9 Å². The fourth-order valence-electron chi connectivity index (χ4n) is 2.83. The summed E-state index contributed by atoms with van der Waals surface area (Å²) in [5, 5.41) is 2.26. The first-order valence-corrected chi connectivity index (χ1v) is 8.05. The molecule has 128 valence electrons. The average Bonchev–Trinajstić information content (AvgIpc) is 2.90. The van der Waals surface area contributed by atoms with Crippen LogP contribution in [0.4, 0.5) is 10.5 Å². The summed E-state index contributed by atoms with van der Waals surface area (Å²) in [5.74, 6) is -1.30. The van der Waals surface area contributed by atoms with Gasteiger partial charge in [-0.15, -0.1) is 0 Å². The van der Waals surface area contributed by atoms with Crippen LogP contribution in [0, 0.1) is 6.92 Å². The molecule has 1 aliphatic heterocycles. The van der Waals surface area contributed by atoms with E-state index in [0.717, 1.165) is 16.2 Å². The van der Waals surface area contributed by atoms with Gasteiger partial charge in [0.1, 0.15) is 5.57 Å². The Balaban J connectivity index is 2.07. The number of nitrogens with one attached hydrogen (secondary N) is 1. The van der Waals surface area contributed by atoms with Gasteiger partial charge < -0.3 is 4.57 Å². The van der Waals surface area contributed by atoms with Gasteiger partial charge in [-0.1, -0.05) is 25.1 Å². The van der Waals surface area contributed by atoms with Gasteiger partial charge in [0.25, 0.3) is 11.8 Å². The second-order valence-corrected chi connectivity index (χ2v) is 5.90. The maximum atomic E-state index is 12.9. The number of benzene rings is 1. The molecule has 1 aliphatic rings. The second kappa shape index (κ2) is 6.39. The van der Waals surface area contributed by atoms with Crippen LogP contribution in [-0.2, 0) is 23.1 Å². The van der Waals surface area contributed by atoms with Gasteiger partial charge >= 0.3 is 6.03 Å². The van der Waals surface area contributed by atoms with Gasteiger partial charge in [-0.3, -0.25) is 14.9 Å². The summed E-state index contributed by atoms with van der Waals surface area (Å²) >= 11 is 0. The van der Waals surface area contributed by atoms with Crippen molar-refractivity contribution in [1.29, 1.82) is 0 Å². The van der Waals surface area contributed by atoms with E-state index in [1.54, 1.807) is 12.1 Å². The number of barbiturate groups is 1. The highest BCUT2D eigenvalue weighted by molar-refractivity contribution is 6.39. The van der Waals surface area contributed by atoms with Crippen LogP contribution in [0.15, 0.2) is 42.0 Å². The highest BCUT2D eigenvalue weighted by atomic mass is 16.2. The number of urea groups is 1. The summed E-state index contributed by atoms with van der Waals surface area (Å²) < 4.78 is 1.87. The molecule has 6 nitrogen and oxygen atoms in total. The largest absolute Gasteiger partial charge is 0.348 e. The molecule has 1 saturated heterocycles. The molecule has 4 amide bonds. The second-order valence-electron chi connectivity index (χ2n) is 5.90. The first kappa shape index (κ1) is 16.7. The fraction of sp³-hybridized carbons (Fsp3) is 0.211. The highest BCUT2D eigenvalue weighted by Crippen LogP contribution is 2.26. The summed E-state index contributed by atoms with van der Waals surface area (Å²) in [6, 6.07) is 10.2. The normalized spacial score (nSPS) is 16.5. The molecule has 1 N–H and O–H groups in total. The molecule has 1 aromatic heterocycles. The monoisotopic (exact) mass is 337 g/mol. The molecular weight excluding hydrogens is 318 g/mol. The molecule has 2 heterocycles. The molecule has 0 saturated carbocycles. The molecule has 1 aromatic carbocycles. The Morgan fingerprint density at radius 2 is 1.80 bits per heavy atom. The van der Waals surface area contributed by atoms with Gasteiger partial charge in [0, 0.05) is 18.4 Å². The van der Waals surface area contributed by atoms with Crippen molar-refractivity contribution in [1.82, 2.24) is 9.88 Å². The minimum Gasteiger partial charge on any atom is -0.348 e. The van der Waals surface area contributed by atoms with Crippen LogP contribution in [0.3, 0.4) is 0 Å². The number of hydrogen-bond acceptors (Lipinski definition) is 3. The third kappa shape index (κ3) is 2.87. The number of anilines is 1. The Hall–Kier alpha value is -3.15. The third-order valence-corrected chi connectivity index (χ3v) is 4.42. The SMILES string of the molecule is CCc1ccccc1N1C(=O)NC(=O)/C(=C\c2ccc(C)n2C)C1=O. The van der Waals surface area contributed by atoms with Crippen molar-refractivity contribution >= 4 is 29.6 Å². The minimum atomic E-state index is -0.726. The van der Waals surface area contributed by atoms with Gasteiger partial charge in [0.05, 0.1) is 5.69 Å². The van der Waals surface area contributed by atoms with Crippen molar-refractivity contribution < 1.29 is 14.4 Å². The van der Waals surface area contributed by atoms with Gasteiger partial charge in [0.15, 0.2) is 0 Å². The summed E-state index contributed by atoms with van der Waals surface area (Å²) in [4.78, 5) is 38.4. The van der Waals surface area contributed by atoms with Crippen LogP contribution in [0.25, 0.3) is 6.08 Å². The zero-order valence-electron chi connectivity index (χ0n) is 14.4. The topological polar surface area (TPSA) is 71.4 Å². The van der Waals surface area contributed by atoms with Gasteiger partial charge in [-0.2, -0.15) is 0 Å². The number of amides is 4. The molecule has 6 heteroatoms. The lowest BCUT2D eigenvalue weighted by Gasteiger charge is -2.28. The van der Waals surface area contributed by atoms with Gasteiger partial charge in [0.2, 0.25) is 0 Å². The summed E-state index contributed by atoms with van der Waals surface area (Å²) in [5.41, 5.74) is 3.00. The van der Waals surface area contributed by atoms with Crippen LogP contribution in [-0.4, -0.2) is 22.4 Å². The number of aromatic nitrogens is 1. The lowest BCUT2D eigenvalue weighted by molar-refractivity contribution is -0.122. The van der Waals surface area contributed by atoms with Crippen molar-refractivity contribution in [3.63, 3.8) is 0 Å².